The van der Waals surface area contributed by atoms with Gasteiger partial charge in [0.15, 0.2) is 5.82 Å². The van der Waals surface area contributed by atoms with Crippen molar-refractivity contribution in [2.45, 2.75) is 71.8 Å². The molecule has 2 N–H and O–H groups in total. The molecule has 4 heteroatoms. The van der Waals surface area contributed by atoms with Gasteiger partial charge in [0.25, 0.3) is 0 Å². The van der Waals surface area contributed by atoms with Gasteiger partial charge in [-0.2, -0.15) is 4.98 Å². The molecule has 0 amide bonds. The Hall–Kier alpha value is -0.900. The third-order valence-corrected chi connectivity index (χ3v) is 4.29. The van der Waals surface area contributed by atoms with Crippen LogP contribution in [0.4, 0.5) is 0 Å². The number of hydrogen-bond donors (Lipinski definition) is 1. The number of nitrogens with zero attached hydrogens (tertiary/aromatic N) is 2. The Labute approximate surface area is 116 Å². The minimum Gasteiger partial charge on any atom is -0.339 e. The molecule has 1 aliphatic rings. The molecule has 1 saturated carbocycles. The monoisotopic (exact) mass is 265 g/mol. The van der Waals surface area contributed by atoms with Crippen LogP contribution in [0.5, 0.6) is 0 Å². The Morgan fingerprint density at radius 3 is 2.74 bits per heavy atom. The quantitative estimate of drug-likeness (QED) is 0.911. The Morgan fingerprint density at radius 1 is 1.37 bits per heavy atom. The van der Waals surface area contributed by atoms with Gasteiger partial charge in [-0.1, -0.05) is 45.7 Å². The Kier molecular flexibility index (Phi) is 4.29. The lowest BCUT2D eigenvalue weighted by molar-refractivity contribution is 0.283. The maximum atomic E-state index is 6.16. The number of rotatable bonds is 3. The van der Waals surface area contributed by atoms with Crippen molar-refractivity contribution in [1.29, 1.82) is 0 Å². The van der Waals surface area contributed by atoms with Gasteiger partial charge in [-0.05, 0) is 24.2 Å². The molecule has 4 nitrogen and oxygen atoms in total. The molecule has 0 aromatic carbocycles. The molecule has 1 aromatic rings. The molecule has 0 spiro atoms. The number of aromatic nitrogens is 2. The maximum Gasteiger partial charge on any atom is 0.228 e. The lowest BCUT2D eigenvalue weighted by atomic mass is 9.82. The lowest BCUT2D eigenvalue weighted by Gasteiger charge is -2.25. The summed E-state index contributed by atoms with van der Waals surface area (Å²) in [5.41, 5.74) is 6.23. The van der Waals surface area contributed by atoms with Crippen LogP contribution < -0.4 is 5.73 Å². The fraction of sp³-hybridized carbons (Fsp3) is 0.867. The highest BCUT2D eigenvalue weighted by molar-refractivity contribution is 4.99. The molecular formula is C15H27N3O. The minimum absolute atomic E-state index is 0.0473. The normalized spacial score (nSPS) is 26.4. The van der Waals surface area contributed by atoms with Gasteiger partial charge in [0.2, 0.25) is 5.89 Å². The van der Waals surface area contributed by atoms with Gasteiger partial charge in [0.1, 0.15) is 0 Å². The molecule has 0 saturated heterocycles. The van der Waals surface area contributed by atoms with Crippen LogP contribution in [0, 0.1) is 11.3 Å². The first kappa shape index (κ1) is 14.5. The molecule has 0 aliphatic heterocycles. The second-order valence-electron chi connectivity index (χ2n) is 7.19. The van der Waals surface area contributed by atoms with E-state index in [-0.39, 0.29) is 11.5 Å². The van der Waals surface area contributed by atoms with Crippen molar-refractivity contribution in [1.82, 2.24) is 10.1 Å². The topological polar surface area (TPSA) is 64.9 Å². The van der Waals surface area contributed by atoms with E-state index in [4.69, 9.17) is 10.3 Å². The first-order valence-electron chi connectivity index (χ1n) is 7.44. The molecule has 19 heavy (non-hydrogen) atoms. The van der Waals surface area contributed by atoms with Crippen molar-refractivity contribution in [3.05, 3.63) is 11.7 Å². The molecule has 1 aromatic heterocycles. The van der Waals surface area contributed by atoms with Gasteiger partial charge in [-0.25, -0.2) is 0 Å². The van der Waals surface area contributed by atoms with E-state index >= 15 is 0 Å². The van der Waals surface area contributed by atoms with Crippen molar-refractivity contribution < 1.29 is 4.52 Å². The summed E-state index contributed by atoms with van der Waals surface area (Å²) in [5, 5.41) is 4.17. The summed E-state index contributed by atoms with van der Waals surface area (Å²) in [4.78, 5) is 4.56. The summed E-state index contributed by atoms with van der Waals surface area (Å²) in [6.07, 6.45) is 5.64. The lowest BCUT2D eigenvalue weighted by Crippen LogP contribution is -2.37. The second-order valence-corrected chi connectivity index (χ2v) is 7.19. The van der Waals surface area contributed by atoms with Crippen molar-refractivity contribution >= 4 is 0 Å². The SMILES string of the molecule is CC1CCCC(c2noc(CC(N)C(C)(C)C)n2)C1. The highest BCUT2D eigenvalue weighted by Crippen LogP contribution is 2.34. The van der Waals surface area contributed by atoms with E-state index < -0.39 is 0 Å². The predicted octanol–water partition coefficient (Wildman–Crippen LogP) is 3.28. The highest BCUT2D eigenvalue weighted by Gasteiger charge is 2.27. The van der Waals surface area contributed by atoms with Gasteiger partial charge < -0.3 is 10.3 Å². The minimum atomic E-state index is 0.0473. The summed E-state index contributed by atoms with van der Waals surface area (Å²) in [6.45, 7) is 8.72. The molecule has 3 atom stereocenters. The van der Waals surface area contributed by atoms with Crippen LogP contribution in [0.25, 0.3) is 0 Å². The summed E-state index contributed by atoms with van der Waals surface area (Å²) >= 11 is 0. The van der Waals surface area contributed by atoms with E-state index in [1.54, 1.807) is 0 Å². The second kappa shape index (κ2) is 5.61. The standard InChI is InChI=1S/C15H27N3O/c1-10-6-5-7-11(8-10)14-17-13(19-18-14)9-12(16)15(2,3)4/h10-12H,5-9,16H2,1-4H3. The third kappa shape index (κ3) is 3.78. The third-order valence-electron chi connectivity index (χ3n) is 4.29. The molecule has 0 radical (unpaired) electrons. The van der Waals surface area contributed by atoms with Crippen LogP contribution in [0.15, 0.2) is 4.52 Å². The zero-order valence-electron chi connectivity index (χ0n) is 12.6. The van der Waals surface area contributed by atoms with Crippen LogP contribution >= 0.6 is 0 Å². The van der Waals surface area contributed by atoms with Gasteiger partial charge in [-0.3, -0.25) is 0 Å². The van der Waals surface area contributed by atoms with E-state index in [0.29, 0.717) is 18.2 Å². The molecule has 1 heterocycles. The van der Waals surface area contributed by atoms with Gasteiger partial charge in [-0.15, -0.1) is 0 Å². The van der Waals surface area contributed by atoms with Gasteiger partial charge in [0, 0.05) is 18.4 Å². The number of nitrogens with two attached hydrogens (primary N) is 1. The Balaban J connectivity index is 1.99. The molecule has 108 valence electrons. The van der Waals surface area contributed by atoms with E-state index in [2.05, 4.69) is 37.8 Å². The highest BCUT2D eigenvalue weighted by atomic mass is 16.5. The zero-order valence-corrected chi connectivity index (χ0v) is 12.6. The fourth-order valence-electron chi connectivity index (χ4n) is 2.68. The van der Waals surface area contributed by atoms with E-state index in [1.807, 2.05) is 0 Å². The Bertz CT molecular complexity index is 408. The van der Waals surface area contributed by atoms with Crippen molar-refractivity contribution in [2.24, 2.45) is 17.1 Å². The van der Waals surface area contributed by atoms with Crippen LogP contribution in [0.3, 0.4) is 0 Å². The van der Waals surface area contributed by atoms with Crippen LogP contribution in [-0.2, 0) is 6.42 Å². The molecule has 2 rings (SSSR count). The van der Waals surface area contributed by atoms with Crippen molar-refractivity contribution in [3.63, 3.8) is 0 Å². The van der Waals surface area contributed by atoms with E-state index in [1.165, 1.54) is 25.7 Å². The van der Waals surface area contributed by atoms with Crippen LogP contribution in [0.2, 0.25) is 0 Å². The zero-order chi connectivity index (χ0) is 14.0. The first-order valence-corrected chi connectivity index (χ1v) is 7.44. The average molecular weight is 265 g/mol. The fourth-order valence-corrected chi connectivity index (χ4v) is 2.68. The van der Waals surface area contributed by atoms with Crippen LogP contribution in [0.1, 0.15) is 71.0 Å². The summed E-state index contributed by atoms with van der Waals surface area (Å²) in [6, 6.07) is 0.0473. The summed E-state index contributed by atoms with van der Waals surface area (Å²) in [7, 11) is 0. The summed E-state index contributed by atoms with van der Waals surface area (Å²) < 4.78 is 5.38. The molecule has 1 aliphatic carbocycles. The van der Waals surface area contributed by atoms with E-state index in [9.17, 15) is 0 Å². The van der Waals surface area contributed by atoms with Crippen molar-refractivity contribution in [2.75, 3.05) is 0 Å². The largest absolute Gasteiger partial charge is 0.339 e. The number of hydrogen-bond acceptors (Lipinski definition) is 4. The molecule has 1 fully saturated rings. The van der Waals surface area contributed by atoms with Gasteiger partial charge >= 0.3 is 0 Å². The van der Waals surface area contributed by atoms with E-state index in [0.717, 1.165) is 11.7 Å². The molecule has 3 unspecified atom stereocenters. The smallest absolute Gasteiger partial charge is 0.228 e. The molecule has 0 bridgehead atoms. The average Bonchev–Trinajstić information content (AvgIpc) is 2.76. The molecular weight excluding hydrogens is 238 g/mol. The van der Waals surface area contributed by atoms with Gasteiger partial charge in [0.05, 0.1) is 0 Å². The van der Waals surface area contributed by atoms with Crippen LogP contribution in [-0.4, -0.2) is 16.2 Å². The maximum absolute atomic E-state index is 6.16. The summed E-state index contributed by atoms with van der Waals surface area (Å²) in [5.74, 6) is 2.84. The predicted molar refractivity (Wildman–Crippen MR) is 75.8 cm³/mol. The Morgan fingerprint density at radius 2 is 2.11 bits per heavy atom. The van der Waals surface area contributed by atoms with Crippen molar-refractivity contribution in [3.8, 4) is 0 Å². The first-order chi connectivity index (χ1) is 8.86.